The Morgan fingerprint density at radius 1 is 0.730 bits per heavy atom. The van der Waals surface area contributed by atoms with Crippen LogP contribution < -0.4 is 16.0 Å². The van der Waals surface area contributed by atoms with Crippen LogP contribution in [0.3, 0.4) is 0 Å². The molecule has 1 heterocycles. The molecular weight excluding hydrogens is 567 g/mol. The van der Waals surface area contributed by atoms with Gasteiger partial charge in [0.15, 0.2) is 0 Å². The Balaban J connectivity index is 2.48. The van der Waals surface area contributed by atoms with Crippen LogP contribution in [-0.4, -0.2) is 64.2 Å². The van der Waals surface area contributed by atoms with Gasteiger partial charge in [0.1, 0.15) is 0 Å². The quantitative estimate of drug-likeness (QED) is 0.276. The van der Waals surface area contributed by atoms with E-state index in [0.717, 1.165) is 18.2 Å². The first-order chi connectivity index (χ1) is 16.5. The van der Waals surface area contributed by atoms with Crippen LogP contribution >= 0.6 is 11.8 Å². The fourth-order valence-corrected chi connectivity index (χ4v) is 3.28. The first-order valence-electron chi connectivity index (χ1n) is 9.19. The molecule has 0 saturated carbocycles. The van der Waals surface area contributed by atoms with Crippen molar-refractivity contribution in [3.05, 3.63) is 24.3 Å². The van der Waals surface area contributed by atoms with Crippen LogP contribution in [0.5, 0.6) is 0 Å². The van der Waals surface area contributed by atoms with Gasteiger partial charge in [-0.3, -0.25) is 0 Å². The largest absolute Gasteiger partial charge is 0.460 e. The molecule has 1 aromatic carbocycles. The average Bonchev–Trinajstić information content (AvgIpc) is 2.73. The van der Waals surface area contributed by atoms with Crippen molar-refractivity contribution in [3.63, 3.8) is 0 Å². The summed E-state index contributed by atoms with van der Waals surface area (Å²) in [6.07, 6.45) is -7.48. The highest BCUT2D eigenvalue weighted by Crippen LogP contribution is 2.63. The predicted molar refractivity (Wildman–Crippen MR) is 105 cm³/mol. The average molecular weight is 580 g/mol. The molecule has 208 valence electrons. The Morgan fingerprint density at radius 2 is 1.24 bits per heavy atom. The zero-order valence-electron chi connectivity index (χ0n) is 18.0. The van der Waals surface area contributed by atoms with Crippen molar-refractivity contribution < 1.29 is 57.1 Å². The number of halogens is 13. The van der Waals surface area contributed by atoms with Gasteiger partial charge in [-0.2, -0.15) is 72.0 Å². The number of hydrogen-bond acceptors (Lipinski definition) is 7. The fraction of sp³-hybridized carbons (Fsp3) is 0.471. The fourth-order valence-electron chi connectivity index (χ4n) is 2.37. The van der Waals surface area contributed by atoms with E-state index in [4.69, 9.17) is 5.73 Å². The highest BCUT2D eigenvalue weighted by molar-refractivity contribution is 8.00. The summed E-state index contributed by atoms with van der Waals surface area (Å²) in [4.78, 5) is 11.3. The molecule has 2 rings (SSSR count). The molecule has 0 fully saturated rings. The third-order valence-corrected chi connectivity index (χ3v) is 5.41. The van der Waals surface area contributed by atoms with E-state index in [9.17, 15) is 57.1 Å². The van der Waals surface area contributed by atoms with Crippen molar-refractivity contribution in [2.24, 2.45) is 0 Å². The van der Waals surface area contributed by atoms with Gasteiger partial charge < -0.3 is 16.0 Å². The second-order valence-corrected chi connectivity index (χ2v) is 8.40. The number of anilines is 4. The molecule has 0 aliphatic rings. The predicted octanol–water partition coefficient (Wildman–Crippen LogP) is 6.05. The number of hydrogen-bond donors (Lipinski definition) is 2. The van der Waals surface area contributed by atoms with Gasteiger partial charge >= 0.3 is 35.1 Å². The third kappa shape index (κ3) is 5.24. The van der Waals surface area contributed by atoms with Gasteiger partial charge in [0, 0.05) is 19.0 Å². The highest BCUT2D eigenvalue weighted by atomic mass is 32.2. The number of alkyl halides is 13. The number of nitrogens with one attached hydrogen (secondary N) is 1. The molecule has 0 radical (unpaired) electrons. The van der Waals surface area contributed by atoms with E-state index >= 15 is 0 Å². The number of benzene rings is 1. The van der Waals surface area contributed by atoms with Crippen molar-refractivity contribution in [2.75, 3.05) is 30.0 Å². The van der Waals surface area contributed by atoms with Crippen LogP contribution in [0.2, 0.25) is 0 Å². The summed E-state index contributed by atoms with van der Waals surface area (Å²) in [5, 5.41) is -4.15. The maximum absolute atomic E-state index is 14.3. The van der Waals surface area contributed by atoms with Crippen LogP contribution in [0.25, 0.3) is 0 Å². The van der Waals surface area contributed by atoms with Gasteiger partial charge in [-0.05, 0) is 23.9 Å². The molecule has 0 aliphatic heterocycles. The summed E-state index contributed by atoms with van der Waals surface area (Å²) in [6, 6.07) is 3.48. The van der Waals surface area contributed by atoms with Gasteiger partial charge in [-0.25, -0.2) is 0 Å². The van der Waals surface area contributed by atoms with Crippen LogP contribution in [0.15, 0.2) is 29.2 Å². The van der Waals surface area contributed by atoms with Crippen LogP contribution in [0.4, 0.5) is 80.6 Å². The SMILES string of the molecule is CN(C)c1nc(N)nc(Nc2ccccc2SC(F)(F)C(F)(F)C(F)(F)C(F)(F)C(F)(F)C(F)(F)F)n1. The minimum Gasteiger partial charge on any atom is -0.368 e. The number of nitrogens with two attached hydrogens (primary N) is 1. The van der Waals surface area contributed by atoms with E-state index in [1.54, 1.807) is 0 Å². The second-order valence-electron chi connectivity index (χ2n) is 7.25. The maximum Gasteiger partial charge on any atom is 0.460 e. The monoisotopic (exact) mass is 580 g/mol. The summed E-state index contributed by atoms with van der Waals surface area (Å²) in [5.74, 6) is -32.1. The number of para-hydroxylation sites is 1. The molecule has 3 N–H and O–H groups in total. The molecular formula is C17H13F13N6S. The Morgan fingerprint density at radius 3 is 1.76 bits per heavy atom. The van der Waals surface area contributed by atoms with E-state index in [1.165, 1.54) is 19.0 Å². The van der Waals surface area contributed by atoms with E-state index in [2.05, 4.69) is 20.3 Å². The second kappa shape index (κ2) is 9.43. The summed E-state index contributed by atoms with van der Waals surface area (Å²) < 4.78 is 174. The van der Waals surface area contributed by atoms with E-state index in [-0.39, 0.29) is 5.95 Å². The van der Waals surface area contributed by atoms with Crippen LogP contribution in [0.1, 0.15) is 0 Å². The molecule has 0 aliphatic carbocycles. The number of rotatable bonds is 9. The normalized spacial score (nSPS) is 14.0. The van der Waals surface area contributed by atoms with Crippen LogP contribution in [0, 0.1) is 0 Å². The minimum absolute atomic E-state index is 0.0931. The van der Waals surface area contributed by atoms with Gasteiger partial charge in [-0.1, -0.05) is 12.1 Å². The minimum atomic E-state index is -7.98. The molecule has 0 bridgehead atoms. The molecule has 6 nitrogen and oxygen atoms in total. The first kappa shape index (κ1) is 30.3. The topological polar surface area (TPSA) is 80.0 Å². The molecule has 0 amide bonds. The summed E-state index contributed by atoms with van der Waals surface area (Å²) in [5.41, 5.74) is 4.84. The molecule has 0 atom stereocenters. The first-order valence-corrected chi connectivity index (χ1v) is 10.0. The van der Waals surface area contributed by atoms with Gasteiger partial charge in [0.2, 0.25) is 17.8 Å². The van der Waals surface area contributed by atoms with Crippen molar-refractivity contribution >= 4 is 35.3 Å². The number of thioether (sulfide) groups is 1. The molecule has 0 unspecified atom stereocenters. The van der Waals surface area contributed by atoms with E-state index in [0.29, 0.717) is 6.07 Å². The van der Waals surface area contributed by atoms with Crippen molar-refractivity contribution in [1.29, 1.82) is 0 Å². The summed E-state index contributed by atoms with van der Waals surface area (Å²) in [6.45, 7) is 0. The van der Waals surface area contributed by atoms with Crippen molar-refractivity contribution in [1.82, 2.24) is 15.0 Å². The zero-order valence-corrected chi connectivity index (χ0v) is 18.8. The zero-order chi connectivity index (χ0) is 28.8. The van der Waals surface area contributed by atoms with Crippen LogP contribution in [-0.2, 0) is 0 Å². The highest BCUT2D eigenvalue weighted by Gasteiger charge is 2.91. The van der Waals surface area contributed by atoms with E-state index < -0.39 is 69.4 Å². The molecule has 37 heavy (non-hydrogen) atoms. The Hall–Kier alpha value is -2.93. The summed E-state index contributed by atoms with van der Waals surface area (Å²) in [7, 11) is 2.90. The standard InChI is InChI=1S/C17H13F13N6S/c1-36(2)11-34-9(31)33-10(35-11)32-7-5-3-4-6-8(7)37-17(29,30)15(24,25)13(20,21)12(18,19)14(22,23)16(26,27)28/h3-6H,1-2H3,(H3,31,32,33,34,35). The molecule has 2 aromatic rings. The smallest absolute Gasteiger partial charge is 0.368 e. The molecule has 1 aromatic heterocycles. The van der Waals surface area contributed by atoms with Gasteiger partial charge in [0.25, 0.3) is 0 Å². The number of aromatic nitrogens is 3. The molecule has 0 saturated heterocycles. The van der Waals surface area contributed by atoms with Crippen molar-refractivity contribution in [3.8, 4) is 0 Å². The Labute approximate surface area is 202 Å². The maximum atomic E-state index is 14.3. The number of nitrogen functional groups attached to an aromatic ring is 1. The lowest BCUT2D eigenvalue weighted by molar-refractivity contribution is -0.433. The molecule has 0 spiro atoms. The summed E-state index contributed by atoms with van der Waals surface area (Å²) >= 11 is -1.52. The lowest BCUT2D eigenvalue weighted by Gasteiger charge is -2.39. The Kier molecular flexibility index (Phi) is 7.72. The Bertz CT molecular complexity index is 1120. The third-order valence-electron chi connectivity index (χ3n) is 4.32. The van der Waals surface area contributed by atoms with Gasteiger partial charge in [-0.15, -0.1) is 0 Å². The lowest BCUT2D eigenvalue weighted by atomic mass is 9.98. The molecule has 20 heteroatoms. The van der Waals surface area contributed by atoms with Crippen molar-refractivity contribution in [2.45, 2.75) is 40.0 Å². The van der Waals surface area contributed by atoms with E-state index in [1.807, 2.05) is 0 Å². The number of nitrogens with zero attached hydrogens (tertiary/aromatic N) is 4. The lowest BCUT2D eigenvalue weighted by Crippen LogP contribution is -2.69. The van der Waals surface area contributed by atoms with Gasteiger partial charge in [0.05, 0.1) is 5.69 Å².